The Morgan fingerprint density at radius 2 is 2.50 bits per heavy atom. The van der Waals surface area contributed by atoms with Gasteiger partial charge in [-0.2, -0.15) is 0 Å². The summed E-state index contributed by atoms with van der Waals surface area (Å²) >= 11 is 3.52. The standard InChI is InChI=1S/C10H16BrN3/c1-8-13-6-10(11)14(8)7-9-4-2-3-5-12-9/h6,9,12H,2-5,7H2,1H3. The molecule has 1 aliphatic rings. The van der Waals surface area contributed by atoms with Gasteiger partial charge in [0, 0.05) is 12.6 Å². The Labute approximate surface area is 93.0 Å². The molecule has 2 rings (SSSR count). The van der Waals surface area contributed by atoms with Crippen LogP contribution in [0.2, 0.25) is 0 Å². The van der Waals surface area contributed by atoms with Crippen molar-refractivity contribution in [3.63, 3.8) is 0 Å². The van der Waals surface area contributed by atoms with Crippen LogP contribution in [-0.2, 0) is 6.54 Å². The number of nitrogens with zero attached hydrogens (tertiary/aromatic N) is 2. The Balaban J connectivity index is 2.02. The van der Waals surface area contributed by atoms with Gasteiger partial charge in [-0.05, 0) is 42.2 Å². The van der Waals surface area contributed by atoms with Crippen molar-refractivity contribution < 1.29 is 0 Å². The van der Waals surface area contributed by atoms with E-state index in [9.17, 15) is 0 Å². The Kier molecular flexibility index (Phi) is 3.23. The van der Waals surface area contributed by atoms with Gasteiger partial charge in [-0.15, -0.1) is 0 Å². The van der Waals surface area contributed by atoms with Crippen molar-refractivity contribution in [3.8, 4) is 0 Å². The fourth-order valence-electron chi connectivity index (χ4n) is 1.96. The minimum Gasteiger partial charge on any atom is -0.321 e. The first kappa shape index (κ1) is 10.2. The Morgan fingerprint density at radius 3 is 3.07 bits per heavy atom. The van der Waals surface area contributed by atoms with Gasteiger partial charge in [-0.25, -0.2) is 4.98 Å². The second-order valence-corrected chi connectivity index (χ2v) is 4.70. The number of nitrogens with one attached hydrogen (secondary N) is 1. The fraction of sp³-hybridized carbons (Fsp3) is 0.700. The maximum Gasteiger partial charge on any atom is 0.106 e. The molecule has 1 aromatic heterocycles. The van der Waals surface area contributed by atoms with Crippen molar-refractivity contribution in [2.75, 3.05) is 6.54 Å². The van der Waals surface area contributed by atoms with Crippen LogP contribution in [0.25, 0.3) is 0 Å². The van der Waals surface area contributed by atoms with Crippen molar-refractivity contribution in [3.05, 3.63) is 16.6 Å². The van der Waals surface area contributed by atoms with Crippen LogP contribution in [0.15, 0.2) is 10.8 Å². The molecule has 1 fully saturated rings. The van der Waals surface area contributed by atoms with Crippen molar-refractivity contribution in [2.45, 2.75) is 38.8 Å². The summed E-state index contributed by atoms with van der Waals surface area (Å²) in [7, 11) is 0. The number of rotatable bonds is 2. The molecule has 0 saturated carbocycles. The topological polar surface area (TPSA) is 29.9 Å². The molecule has 1 saturated heterocycles. The van der Waals surface area contributed by atoms with E-state index >= 15 is 0 Å². The van der Waals surface area contributed by atoms with E-state index < -0.39 is 0 Å². The van der Waals surface area contributed by atoms with Gasteiger partial charge in [0.25, 0.3) is 0 Å². The quantitative estimate of drug-likeness (QED) is 0.880. The van der Waals surface area contributed by atoms with E-state index in [-0.39, 0.29) is 0 Å². The summed E-state index contributed by atoms with van der Waals surface area (Å²) in [6.07, 6.45) is 5.83. The molecule has 0 spiro atoms. The van der Waals surface area contributed by atoms with E-state index in [0.717, 1.165) is 23.5 Å². The highest BCUT2D eigenvalue weighted by molar-refractivity contribution is 9.10. The van der Waals surface area contributed by atoms with Gasteiger partial charge in [0.1, 0.15) is 10.4 Å². The van der Waals surface area contributed by atoms with E-state index in [1.165, 1.54) is 19.3 Å². The molecular weight excluding hydrogens is 242 g/mol. The summed E-state index contributed by atoms with van der Waals surface area (Å²) in [5.41, 5.74) is 0. The summed E-state index contributed by atoms with van der Waals surface area (Å²) in [6, 6.07) is 0.618. The highest BCUT2D eigenvalue weighted by Crippen LogP contribution is 2.15. The van der Waals surface area contributed by atoms with Gasteiger partial charge in [0.15, 0.2) is 0 Å². The zero-order chi connectivity index (χ0) is 9.97. The van der Waals surface area contributed by atoms with Crippen LogP contribution in [0.4, 0.5) is 0 Å². The van der Waals surface area contributed by atoms with Gasteiger partial charge in [-0.1, -0.05) is 6.42 Å². The van der Waals surface area contributed by atoms with E-state index in [4.69, 9.17) is 0 Å². The predicted molar refractivity (Wildman–Crippen MR) is 60.3 cm³/mol. The molecule has 1 atom stereocenters. The summed E-state index contributed by atoms with van der Waals surface area (Å²) in [6.45, 7) is 4.25. The van der Waals surface area contributed by atoms with Crippen molar-refractivity contribution in [1.29, 1.82) is 0 Å². The first-order valence-electron chi connectivity index (χ1n) is 5.18. The molecular formula is C10H16BrN3. The van der Waals surface area contributed by atoms with Gasteiger partial charge in [-0.3, -0.25) is 0 Å². The van der Waals surface area contributed by atoms with Gasteiger partial charge in [0.2, 0.25) is 0 Å². The smallest absolute Gasteiger partial charge is 0.106 e. The lowest BCUT2D eigenvalue weighted by Crippen LogP contribution is -2.37. The van der Waals surface area contributed by atoms with E-state index in [0.29, 0.717) is 6.04 Å². The number of halogens is 1. The van der Waals surface area contributed by atoms with Gasteiger partial charge in [0.05, 0.1) is 6.20 Å². The molecule has 4 heteroatoms. The monoisotopic (exact) mass is 257 g/mol. The van der Waals surface area contributed by atoms with Crippen molar-refractivity contribution >= 4 is 15.9 Å². The second-order valence-electron chi connectivity index (χ2n) is 3.89. The molecule has 0 amide bonds. The third-order valence-corrected chi connectivity index (χ3v) is 3.45. The lowest BCUT2D eigenvalue weighted by Gasteiger charge is -2.24. The average molecular weight is 258 g/mol. The fourth-order valence-corrected chi connectivity index (χ4v) is 2.46. The van der Waals surface area contributed by atoms with Crippen LogP contribution in [0.3, 0.4) is 0 Å². The molecule has 2 heterocycles. The van der Waals surface area contributed by atoms with Crippen molar-refractivity contribution in [2.24, 2.45) is 0 Å². The molecule has 1 unspecified atom stereocenters. The third kappa shape index (κ3) is 2.17. The lowest BCUT2D eigenvalue weighted by atomic mass is 10.1. The minimum atomic E-state index is 0.618. The SMILES string of the molecule is Cc1ncc(Br)n1CC1CCCCN1. The number of aromatic nitrogens is 2. The summed E-state index contributed by atoms with van der Waals surface area (Å²) < 4.78 is 3.31. The zero-order valence-corrected chi connectivity index (χ0v) is 10.0. The van der Waals surface area contributed by atoms with Crippen LogP contribution >= 0.6 is 15.9 Å². The maximum absolute atomic E-state index is 4.27. The number of imidazole rings is 1. The number of hydrogen-bond acceptors (Lipinski definition) is 2. The number of piperidine rings is 1. The predicted octanol–water partition coefficient (Wildman–Crippen LogP) is 2.10. The number of aryl methyl sites for hydroxylation is 1. The molecule has 78 valence electrons. The number of hydrogen-bond donors (Lipinski definition) is 1. The molecule has 0 aliphatic carbocycles. The van der Waals surface area contributed by atoms with E-state index in [1.54, 1.807) is 0 Å². The largest absolute Gasteiger partial charge is 0.321 e. The molecule has 1 aromatic rings. The molecule has 0 aromatic carbocycles. The Hall–Kier alpha value is -0.350. The normalized spacial score (nSPS) is 22.6. The first-order chi connectivity index (χ1) is 6.77. The molecule has 0 radical (unpaired) electrons. The highest BCUT2D eigenvalue weighted by Gasteiger charge is 2.15. The van der Waals surface area contributed by atoms with Crippen LogP contribution in [0.1, 0.15) is 25.1 Å². The van der Waals surface area contributed by atoms with Crippen LogP contribution < -0.4 is 5.32 Å². The molecule has 3 nitrogen and oxygen atoms in total. The van der Waals surface area contributed by atoms with Gasteiger partial charge < -0.3 is 9.88 Å². The molecule has 1 aliphatic heterocycles. The van der Waals surface area contributed by atoms with E-state index in [2.05, 4.69) is 30.8 Å². The van der Waals surface area contributed by atoms with Crippen LogP contribution in [0.5, 0.6) is 0 Å². The van der Waals surface area contributed by atoms with Crippen molar-refractivity contribution in [1.82, 2.24) is 14.9 Å². The molecule has 14 heavy (non-hydrogen) atoms. The first-order valence-corrected chi connectivity index (χ1v) is 5.97. The minimum absolute atomic E-state index is 0.618. The van der Waals surface area contributed by atoms with Crippen LogP contribution in [-0.4, -0.2) is 22.1 Å². The van der Waals surface area contributed by atoms with Crippen LogP contribution in [0, 0.1) is 6.92 Å². The van der Waals surface area contributed by atoms with E-state index in [1.807, 2.05) is 13.1 Å². The Morgan fingerprint density at radius 1 is 1.64 bits per heavy atom. The second kappa shape index (κ2) is 4.45. The third-order valence-electron chi connectivity index (χ3n) is 2.82. The zero-order valence-electron chi connectivity index (χ0n) is 8.46. The molecule has 1 N–H and O–H groups in total. The summed E-state index contributed by atoms with van der Waals surface area (Å²) in [4.78, 5) is 4.27. The molecule has 0 bridgehead atoms. The highest BCUT2D eigenvalue weighted by atomic mass is 79.9. The van der Waals surface area contributed by atoms with Gasteiger partial charge >= 0.3 is 0 Å². The maximum atomic E-state index is 4.27. The average Bonchev–Trinajstić information content (AvgIpc) is 2.51. The Bertz CT molecular complexity index is 283. The summed E-state index contributed by atoms with van der Waals surface area (Å²) in [5.74, 6) is 1.09. The summed E-state index contributed by atoms with van der Waals surface area (Å²) in [5, 5.41) is 3.54. The lowest BCUT2D eigenvalue weighted by molar-refractivity contribution is 0.359.